The maximum absolute atomic E-state index is 10.6. The second-order valence-corrected chi connectivity index (χ2v) is 6.19. The van der Waals surface area contributed by atoms with Crippen LogP contribution in [-0.4, -0.2) is 49.4 Å². The predicted molar refractivity (Wildman–Crippen MR) is 83.6 cm³/mol. The summed E-state index contributed by atoms with van der Waals surface area (Å²) in [5, 5.41) is 14.0. The molecule has 0 spiro atoms. The molecule has 0 bridgehead atoms. The van der Waals surface area contributed by atoms with Gasteiger partial charge in [-0.1, -0.05) is 18.2 Å². The summed E-state index contributed by atoms with van der Waals surface area (Å²) >= 11 is 0. The van der Waals surface area contributed by atoms with E-state index in [1.165, 1.54) is 0 Å². The molecule has 2 fully saturated rings. The Morgan fingerprint density at radius 1 is 1.24 bits per heavy atom. The van der Waals surface area contributed by atoms with E-state index in [1.54, 1.807) is 0 Å². The third-order valence-electron chi connectivity index (χ3n) is 4.85. The highest BCUT2D eigenvalue weighted by Crippen LogP contribution is 2.40. The Bertz CT molecular complexity index is 448. The van der Waals surface area contributed by atoms with E-state index in [4.69, 9.17) is 4.74 Å². The summed E-state index contributed by atoms with van der Waals surface area (Å²) in [5.74, 6) is 1.05. The molecular weight excluding hydrogens is 264 g/mol. The Hall–Kier alpha value is -1.10. The van der Waals surface area contributed by atoms with Gasteiger partial charge >= 0.3 is 0 Å². The number of hydrogen-bond acceptors (Lipinski definition) is 4. The van der Waals surface area contributed by atoms with E-state index in [9.17, 15) is 5.11 Å². The van der Waals surface area contributed by atoms with Crippen LogP contribution in [0.15, 0.2) is 18.2 Å². The van der Waals surface area contributed by atoms with Gasteiger partial charge in [0.2, 0.25) is 0 Å². The topological polar surface area (TPSA) is 44.7 Å². The lowest BCUT2D eigenvalue weighted by Gasteiger charge is -2.41. The molecule has 0 amide bonds. The molecule has 2 heterocycles. The molecule has 21 heavy (non-hydrogen) atoms. The van der Waals surface area contributed by atoms with Gasteiger partial charge in [0, 0.05) is 51.0 Å². The Morgan fingerprint density at radius 2 is 1.95 bits per heavy atom. The number of aryl methyl sites for hydroxylation is 1. The number of ether oxygens (including phenoxy) is 1. The van der Waals surface area contributed by atoms with Crippen molar-refractivity contribution in [1.82, 2.24) is 10.2 Å². The third kappa shape index (κ3) is 3.23. The van der Waals surface area contributed by atoms with Crippen LogP contribution in [0.1, 0.15) is 30.0 Å². The van der Waals surface area contributed by atoms with E-state index in [1.807, 2.05) is 13.0 Å². The largest absolute Gasteiger partial charge is 0.507 e. The third-order valence-corrected chi connectivity index (χ3v) is 4.85. The number of phenolic OH excluding ortho intramolecular Hbond substituents is 1. The number of phenols is 1. The Labute approximate surface area is 127 Å². The molecule has 1 aromatic rings. The minimum atomic E-state index is 0.316. The summed E-state index contributed by atoms with van der Waals surface area (Å²) < 4.78 is 5.53. The minimum Gasteiger partial charge on any atom is -0.507 e. The Morgan fingerprint density at radius 3 is 2.67 bits per heavy atom. The fourth-order valence-corrected chi connectivity index (χ4v) is 3.66. The van der Waals surface area contributed by atoms with Crippen molar-refractivity contribution < 1.29 is 9.84 Å². The van der Waals surface area contributed by atoms with E-state index in [0.29, 0.717) is 17.7 Å². The van der Waals surface area contributed by atoms with Gasteiger partial charge in [0.25, 0.3) is 0 Å². The highest BCUT2D eigenvalue weighted by Gasteiger charge is 2.32. The van der Waals surface area contributed by atoms with Gasteiger partial charge in [0.15, 0.2) is 0 Å². The van der Waals surface area contributed by atoms with Crippen LogP contribution in [0.2, 0.25) is 0 Å². The lowest BCUT2D eigenvalue weighted by Crippen LogP contribution is -2.47. The van der Waals surface area contributed by atoms with E-state index in [0.717, 1.165) is 63.4 Å². The predicted octanol–water partition coefficient (Wildman–Crippen LogP) is 2.07. The van der Waals surface area contributed by atoms with E-state index < -0.39 is 0 Å². The number of aromatic hydroxyl groups is 1. The normalized spacial score (nSPS) is 23.1. The smallest absolute Gasteiger partial charge is 0.123 e. The monoisotopic (exact) mass is 290 g/mol. The van der Waals surface area contributed by atoms with Crippen LogP contribution in [0.3, 0.4) is 0 Å². The zero-order chi connectivity index (χ0) is 14.7. The molecule has 4 nitrogen and oxygen atoms in total. The second kappa shape index (κ2) is 6.77. The Kier molecular flexibility index (Phi) is 4.78. The van der Waals surface area contributed by atoms with Crippen LogP contribution in [0.25, 0.3) is 0 Å². The number of nitrogens with zero attached hydrogens (tertiary/aromatic N) is 1. The average molecular weight is 290 g/mol. The van der Waals surface area contributed by atoms with Crippen molar-refractivity contribution in [2.75, 3.05) is 39.4 Å². The first kappa shape index (κ1) is 14.8. The van der Waals surface area contributed by atoms with Crippen LogP contribution >= 0.6 is 0 Å². The van der Waals surface area contributed by atoms with Crippen molar-refractivity contribution in [3.8, 4) is 5.75 Å². The lowest BCUT2D eigenvalue weighted by molar-refractivity contribution is 0.0206. The number of rotatable bonds is 3. The number of para-hydroxylation sites is 1. The fraction of sp³-hybridized carbons (Fsp3) is 0.647. The molecule has 0 radical (unpaired) electrons. The van der Waals surface area contributed by atoms with Crippen LogP contribution in [0, 0.1) is 12.8 Å². The quantitative estimate of drug-likeness (QED) is 0.894. The van der Waals surface area contributed by atoms with Crippen LogP contribution < -0.4 is 5.32 Å². The molecule has 2 N–H and O–H groups in total. The number of piperazine rings is 1. The summed E-state index contributed by atoms with van der Waals surface area (Å²) in [7, 11) is 0. The van der Waals surface area contributed by atoms with Crippen molar-refractivity contribution in [2.24, 2.45) is 5.92 Å². The first-order valence-corrected chi connectivity index (χ1v) is 8.08. The van der Waals surface area contributed by atoms with Crippen molar-refractivity contribution >= 4 is 0 Å². The van der Waals surface area contributed by atoms with Gasteiger partial charge in [-0.3, -0.25) is 4.90 Å². The summed E-state index contributed by atoms with van der Waals surface area (Å²) in [6.45, 7) is 7.85. The van der Waals surface area contributed by atoms with Gasteiger partial charge in [-0.25, -0.2) is 0 Å². The molecule has 2 aliphatic rings. The van der Waals surface area contributed by atoms with Gasteiger partial charge in [0.05, 0.1) is 0 Å². The van der Waals surface area contributed by atoms with E-state index in [2.05, 4.69) is 22.3 Å². The number of hydrogen-bond donors (Lipinski definition) is 2. The molecule has 0 unspecified atom stereocenters. The van der Waals surface area contributed by atoms with Gasteiger partial charge in [-0.15, -0.1) is 0 Å². The minimum absolute atomic E-state index is 0.316. The zero-order valence-electron chi connectivity index (χ0n) is 12.8. The van der Waals surface area contributed by atoms with Gasteiger partial charge in [0.1, 0.15) is 5.75 Å². The van der Waals surface area contributed by atoms with Gasteiger partial charge in [-0.2, -0.15) is 0 Å². The molecule has 0 saturated carbocycles. The first-order chi connectivity index (χ1) is 10.3. The zero-order valence-corrected chi connectivity index (χ0v) is 12.8. The molecule has 116 valence electrons. The lowest BCUT2D eigenvalue weighted by atomic mass is 9.84. The standard InChI is InChI=1S/C17H26N2O2/c1-13-3-2-4-15(17(13)20)16(14-5-11-21-12-6-14)19-9-7-18-8-10-19/h2-4,14,16,18,20H,5-12H2,1H3/t16-/m0/s1. The molecule has 2 aliphatic heterocycles. The molecular formula is C17H26N2O2. The highest BCUT2D eigenvalue weighted by atomic mass is 16.5. The molecule has 3 rings (SSSR count). The van der Waals surface area contributed by atoms with Crippen LogP contribution in [0.4, 0.5) is 0 Å². The van der Waals surface area contributed by atoms with E-state index in [-0.39, 0.29) is 0 Å². The van der Waals surface area contributed by atoms with Gasteiger partial charge < -0.3 is 15.2 Å². The van der Waals surface area contributed by atoms with Crippen molar-refractivity contribution in [3.05, 3.63) is 29.3 Å². The van der Waals surface area contributed by atoms with E-state index >= 15 is 0 Å². The molecule has 0 aliphatic carbocycles. The number of nitrogens with one attached hydrogen (secondary N) is 1. The maximum Gasteiger partial charge on any atom is 0.123 e. The summed E-state index contributed by atoms with van der Waals surface area (Å²) in [6.07, 6.45) is 2.17. The fourth-order valence-electron chi connectivity index (χ4n) is 3.66. The highest BCUT2D eigenvalue weighted by molar-refractivity contribution is 5.41. The summed E-state index contributed by atoms with van der Waals surface area (Å²) in [6, 6.07) is 6.47. The molecule has 1 aromatic carbocycles. The van der Waals surface area contributed by atoms with Crippen LogP contribution in [0.5, 0.6) is 5.75 Å². The van der Waals surface area contributed by atoms with Gasteiger partial charge in [-0.05, 0) is 31.2 Å². The Balaban J connectivity index is 1.91. The summed E-state index contributed by atoms with van der Waals surface area (Å²) in [5.41, 5.74) is 2.07. The van der Waals surface area contributed by atoms with Crippen LogP contribution in [-0.2, 0) is 4.74 Å². The van der Waals surface area contributed by atoms with Crippen molar-refractivity contribution in [1.29, 1.82) is 0 Å². The maximum atomic E-state index is 10.6. The van der Waals surface area contributed by atoms with Crippen molar-refractivity contribution in [2.45, 2.75) is 25.8 Å². The van der Waals surface area contributed by atoms with Crippen molar-refractivity contribution in [3.63, 3.8) is 0 Å². The average Bonchev–Trinajstić information content (AvgIpc) is 2.54. The second-order valence-electron chi connectivity index (χ2n) is 6.19. The number of benzene rings is 1. The molecule has 0 aromatic heterocycles. The summed E-state index contributed by atoms with van der Waals surface area (Å²) in [4.78, 5) is 2.54. The molecule has 1 atom stereocenters. The molecule has 4 heteroatoms. The first-order valence-electron chi connectivity index (χ1n) is 8.08. The SMILES string of the molecule is Cc1cccc([C@H](C2CCOCC2)N2CCNCC2)c1O. The molecule has 2 saturated heterocycles.